The third kappa shape index (κ3) is 5.77. The number of nitrogens with zero attached hydrogens (tertiary/aromatic N) is 2. The zero-order valence-corrected chi connectivity index (χ0v) is 18.3. The number of anilines is 3. The summed E-state index contributed by atoms with van der Waals surface area (Å²) in [6.07, 6.45) is 2.86. The molecule has 2 aromatic carbocycles. The second-order valence-electron chi connectivity index (χ2n) is 7.92. The lowest BCUT2D eigenvalue weighted by molar-refractivity contribution is -0.137. The maximum atomic E-state index is 11.3. The predicted molar refractivity (Wildman–Crippen MR) is 123 cm³/mol. The Morgan fingerprint density at radius 2 is 1.94 bits per heavy atom. The van der Waals surface area contributed by atoms with E-state index in [0.29, 0.717) is 11.6 Å². The van der Waals surface area contributed by atoms with Crippen LogP contribution >= 0.6 is 0 Å². The molecule has 0 saturated carbocycles. The summed E-state index contributed by atoms with van der Waals surface area (Å²) in [7, 11) is 0. The number of carboxylic acid groups (broad SMARTS) is 1. The number of nitriles is 1. The van der Waals surface area contributed by atoms with E-state index < -0.39 is 5.97 Å². The largest absolute Gasteiger partial charge is 0.481 e. The summed E-state index contributed by atoms with van der Waals surface area (Å²) < 4.78 is 5.56. The molecule has 1 saturated heterocycles. The lowest BCUT2D eigenvalue weighted by Gasteiger charge is -2.37. The van der Waals surface area contributed by atoms with Crippen LogP contribution in [-0.4, -0.2) is 36.9 Å². The first-order valence-electron chi connectivity index (χ1n) is 11.0. The van der Waals surface area contributed by atoms with Crippen LogP contribution in [0.1, 0.15) is 56.6 Å². The summed E-state index contributed by atoms with van der Waals surface area (Å²) in [5.41, 5.74) is 4.59. The highest BCUT2D eigenvalue weighted by atomic mass is 16.5. The smallest absolute Gasteiger partial charge is 0.303 e. The van der Waals surface area contributed by atoms with Crippen molar-refractivity contribution < 1.29 is 14.6 Å². The van der Waals surface area contributed by atoms with E-state index in [1.165, 1.54) is 0 Å². The molecular formula is C25H31N3O3. The highest BCUT2D eigenvalue weighted by Crippen LogP contribution is 2.36. The lowest BCUT2D eigenvalue weighted by Crippen LogP contribution is -2.39. The fourth-order valence-electron chi connectivity index (χ4n) is 4.27. The first-order chi connectivity index (χ1) is 15.0. The van der Waals surface area contributed by atoms with Crippen molar-refractivity contribution in [2.24, 2.45) is 0 Å². The number of benzene rings is 2. The van der Waals surface area contributed by atoms with Crippen LogP contribution in [0.4, 0.5) is 17.1 Å². The van der Waals surface area contributed by atoms with Crippen LogP contribution in [0, 0.1) is 11.3 Å². The molecule has 0 aromatic heterocycles. The molecule has 0 spiro atoms. The Morgan fingerprint density at radius 3 is 2.52 bits per heavy atom. The predicted octanol–water partition coefficient (Wildman–Crippen LogP) is 5.28. The second-order valence-corrected chi connectivity index (χ2v) is 7.92. The Kier molecular flexibility index (Phi) is 7.91. The van der Waals surface area contributed by atoms with Crippen molar-refractivity contribution in [2.45, 2.75) is 51.5 Å². The van der Waals surface area contributed by atoms with Gasteiger partial charge in [0.1, 0.15) is 0 Å². The molecular weight excluding hydrogens is 390 g/mol. The van der Waals surface area contributed by atoms with Crippen molar-refractivity contribution >= 4 is 23.0 Å². The maximum absolute atomic E-state index is 11.3. The maximum Gasteiger partial charge on any atom is 0.303 e. The number of carboxylic acids is 1. The van der Waals surface area contributed by atoms with Crippen LogP contribution in [0.2, 0.25) is 0 Å². The Morgan fingerprint density at radius 1 is 1.23 bits per heavy atom. The van der Waals surface area contributed by atoms with Gasteiger partial charge in [0, 0.05) is 31.5 Å². The average molecular weight is 422 g/mol. The summed E-state index contributed by atoms with van der Waals surface area (Å²) in [4.78, 5) is 13.8. The van der Waals surface area contributed by atoms with Gasteiger partial charge in [-0.25, -0.2) is 0 Å². The zero-order chi connectivity index (χ0) is 22.2. The quantitative estimate of drug-likeness (QED) is 0.573. The Labute approximate surface area is 184 Å². The molecule has 6 nitrogen and oxygen atoms in total. The van der Waals surface area contributed by atoms with Gasteiger partial charge in [-0.15, -0.1) is 0 Å². The Bertz CT molecular complexity index is 915. The molecule has 1 aliphatic heterocycles. The normalized spacial score (nSPS) is 15.1. The van der Waals surface area contributed by atoms with Crippen molar-refractivity contribution in [1.82, 2.24) is 0 Å². The van der Waals surface area contributed by atoms with E-state index in [0.717, 1.165) is 61.6 Å². The highest BCUT2D eigenvalue weighted by molar-refractivity contribution is 5.77. The van der Waals surface area contributed by atoms with Crippen LogP contribution in [-0.2, 0) is 9.53 Å². The molecule has 1 aliphatic rings. The monoisotopic (exact) mass is 421 g/mol. The zero-order valence-electron chi connectivity index (χ0n) is 18.3. The molecule has 2 N–H and O–H groups in total. The van der Waals surface area contributed by atoms with Gasteiger partial charge in [0.05, 0.1) is 29.4 Å². The van der Waals surface area contributed by atoms with Gasteiger partial charge in [-0.05, 0) is 74.1 Å². The lowest BCUT2D eigenvalue weighted by atomic mass is 9.92. The van der Waals surface area contributed by atoms with Gasteiger partial charge in [-0.3, -0.25) is 4.79 Å². The number of nitrogens with one attached hydrogen (secondary N) is 1. The van der Waals surface area contributed by atoms with Gasteiger partial charge < -0.3 is 20.1 Å². The molecule has 164 valence electrons. The van der Waals surface area contributed by atoms with E-state index in [-0.39, 0.29) is 12.3 Å². The molecule has 0 bridgehead atoms. The fourth-order valence-corrected chi connectivity index (χ4v) is 4.27. The van der Waals surface area contributed by atoms with Crippen LogP contribution < -0.4 is 10.2 Å². The molecule has 3 rings (SSSR count). The van der Waals surface area contributed by atoms with E-state index in [1.807, 2.05) is 19.1 Å². The molecule has 0 amide bonds. The minimum absolute atomic E-state index is 0.0359. The number of hydrogen-bond donors (Lipinski definition) is 2. The van der Waals surface area contributed by atoms with E-state index in [1.54, 1.807) is 12.1 Å². The second kappa shape index (κ2) is 10.8. The highest BCUT2D eigenvalue weighted by Gasteiger charge is 2.24. The van der Waals surface area contributed by atoms with Gasteiger partial charge in [0.25, 0.3) is 0 Å². The number of rotatable bonds is 9. The summed E-state index contributed by atoms with van der Waals surface area (Å²) in [5, 5.41) is 21.9. The number of aliphatic carboxylic acids is 1. The molecule has 0 unspecified atom stereocenters. The number of carbonyl (C=O) groups is 1. The summed E-state index contributed by atoms with van der Waals surface area (Å²) in [5.74, 6) is -0.818. The van der Waals surface area contributed by atoms with E-state index >= 15 is 0 Å². The SMILES string of the molecule is CC[C@H](CC(=O)O)c1ccc(N(CC)C2CCOCC2)c(Nc2ccc(C#N)cc2)c1. The van der Waals surface area contributed by atoms with E-state index in [4.69, 9.17) is 10.00 Å². The topological polar surface area (TPSA) is 85.6 Å². The standard InChI is InChI=1S/C25H31N3O3/c1-3-19(16-25(29)30)20-7-10-24(28(4-2)22-11-13-31-14-12-22)23(15-20)27-21-8-5-18(17-26)6-9-21/h5-10,15,19,22,27H,3-4,11-14,16H2,1-2H3,(H,29,30)/t19-/m1/s1. The van der Waals surface area contributed by atoms with Crippen LogP contribution in [0.25, 0.3) is 0 Å². The molecule has 0 radical (unpaired) electrons. The molecule has 1 atom stereocenters. The van der Waals surface area contributed by atoms with Gasteiger partial charge in [-0.1, -0.05) is 13.0 Å². The minimum atomic E-state index is -0.782. The van der Waals surface area contributed by atoms with Gasteiger partial charge in [0.15, 0.2) is 0 Å². The van der Waals surface area contributed by atoms with E-state index in [9.17, 15) is 9.90 Å². The van der Waals surface area contributed by atoms with Crippen molar-refractivity contribution in [3.63, 3.8) is 0 Å². The molecule has 1 fully saturated rings. The first kappa shape index (κ1) is 22.6. The molecule has 6 heteroatoms. The fraction of sp³-hybridized carbons (Fsp3) is 0.440. The third-order valence-electron chi connectivity index (χ3n) is 5.98. The third-order valence-corrected chi connectivity index (χ3v) is 5.98. The van der Waals surface area contributed by atoms with Crippen molar-refractivity contribution in [3.05, 3.63) is 53.6 Å². The molecule has 0 aliphatic carbocycles. The van der Waals surface area contributed by atoms with Crippen molar-refractivity contribution in [3.8, 4) is 6.07 Å². The number of ether oxygens (including phenoxy) is 1. The Balaban J connectivity index is 1.99. The van der Waals surface area contributed by atoms with Gasteiger partial charge in [-0.2, -0.15) is 5.26 Å². The Hall–Kier alpha value is -3.04. The summed E-state index contributed by atoms with van der Waals surface area (Å²) in [6.45, 7) is 6.60. The summed E-state index contributed by atoms with van der Waals surface area (Å²) in [6, 6.07) is 16.2. The molecule has 2 aromatic rings. The molecule has 1 heterocycles. The minimum Gasteiger partial charge on any atom is -0.481 e. The van der Waals surface area contributed by atoms with Crippen molar-refractivity contribution in [2.75, 3.05) is 30.0 Å². The van der Waals surface area contributed by atoms with Crippen molar-refractivity contribution in [1.29, 1.82) is 5.26 Å². The molecule has 31 heavy (non-hydrogen) atoms. The first-order valence-corrected chi connectivity index (χ1v) is 11.0. The van der Waals surface area contributed by atoms with Crippen LogP contribution in [0.5, 0.6) is 0 Å². The van der Waals surface area contributed by atoms with E-state index in [2.05, 4.69) is 41.4 Å². The van der Waals surface area contributed by atoms with Crippen LogP contribution in [0.3, 0.4) is 0 Å². The average Bonchev–Trinajstić information content (AvgIpc) is 2.80. The number of hydrogen-bond acceptors (Lipinski definition) is 5. The van der Waals surface area contributed by atoms with Gasteiger partial charge in [0.2, 0.25) is 0 Å². The van der Waals surface area contributed by atoms with Gasteiger partial charge >= 0.3 is 5.97 Å². The summed E-state index contributed by atoms with van der Waals surface area (Å²) >= 11 is 0. The van der Waals surface area contributed by atoms with Crippen LogP contribution in [0.15, 0.2) is 42.5 Å².